The number of benzene rings is 2. The van der Waals surface area contributed by atoms with Crippen LogP contribution in [-0.2, 0) is 20.4 Å². The number of sulfone groups is 1. The van der Waals surface area contributed by atoms with Crippen molar-refractivity contribution in [1.29, 1.82) is 5.26 Å². The molecule has 1 amide bonds. The molecule has 13 heteroatoms. The fourth-order valence-electron chi connectivity index (χ4n) is 3.38. The molecule has 0 radical (unpaired) electrons. The minimum Gasteiger partial charge on any atom is -0.336 e. The van der Waals surface area contributed by atoms with Gasteiger partial charge in [-0.05, 0) is 42.7 Å². The Labute approximate surface area is 209 Å². The number of halogens is 6. The lowest BCUT2D eigenvalue weighted by Crippen LogP contribution is -2.54. The van der Waals surface area contributed by atoms with Crippen molar-refractivity contribution in [3.05, 3.63) is 69.5 Å². The lowest BCUT2D eigenvalue weighted by molar-refractivity contribution is -0.160. The second kappa shape index (κ2) is 10.3. The lowest BCUT2D eigenvalue weighted by atomic mass is 10.0. The third-order valence-corrected chi connectivity index (χ3v) is 7.64. The van der Waals surface area contributed by atoms with Crippen LogP contribution < -0.4 is 10.6 Å². The Bertz CT molecular complexity index is 1240. The number of alkyl halides is 3. The van der Waals surface area contributed by atoms with Gasteiger partial charge in [0.2, 0.25) is 5.91 Å². The Balaban J connectivity index is 1.94. The van der Waals surface area contributed by atoms with Crippen LogP contribution in [-0.4, -0.2) is 37.8 Å². The van der Waals surface area contributed by atoms with E-state index in [-0.39, 0.29) is 28.5 Å². The molecule has 1 fully saturated rings. The topological polar surface area (TPSA) is 99.1 Å². The molecule has 188 valence electrons. The molecule has 0 bridgehead atoms. The quantitative estimate of drug-likeness (QED) is 0.447. The Kier molecular flexibility index (Phi) is 8.01. The number of amides is 1. The zero-order valence-corrected chi connectivity index (χ0v) is 20.2. The summed E-state index contributed by atoms with van der Waals surface area (Å²) in [6.45, 7) is 0. The van der Waals surface area contributed by atoms with Gasteiger partial charge in [0.15, 0.2) is 9.84 Å². The molecule has 0 heterocycles. The van der Waals surface area contributed by atoms with Gasteiger partial charge in [-0.25, -0.2) is 12.8 Å². The van der Waals surface area contributed by atoms with Gasteiger partial charge in [0.1, 0.15) is 23.4 Å². The first kappa shape index (κ1) is 27.2. The summed E-state index contributed by atoms with van der Waals surface area (Å²) in [6.07, 6.45) is -4.46. The fraction of sp³-hybridized carbons (Fsp3) is 0.364. The molecule has 1 aliphatic rings. The summed E-state index contributed by atoms with van der Waals surface area (Å²) < 4.78 is 81.3. The van der Waals surface area contributed by atoms with Gasteiger partial charge in [-0.2, -0.15) is 18.4 Å². The first-order valence-electron chi connectivity index (χ1n) is 10.2. The highest BCUT2D eigenvalue weighted by molar-refractivity contribution is 7.90. The highest BCUT2D eigenvalue weighted by Crippen LogP contribution is 2.36. The van der Waals surface area contributed by atoms with Gasteiger partial charge in [0.05, 0.1) is 17.6 Å². The van der Waals surface area contributed by atoms with Gasteiger partial charge in [-0.15, -0.1) is 0 Å². The number of nitriles is 1. The van der Waals surface area contributed by atoms with Gasteiger partial charge in [-0.1, -0.05) is 41.4 Å². The summed E-state index contributed by atoms with van der Waals surface area (Å²) in [4.78, 5) is 12.9. The predicted molar refractivity (Wildman–Crippen MR) is 122 cm³/mol. The molecule has 3 rings (SSSR count). The summed E-state index contributed by atoms with van der Waals surface area (Å²) in [5.41, 5.74) is -1.79. The van der Waals surface area contributed by atoms with E-state index in [2.05, 4.69) is 5.32 Å². The molecule has 0 aromatic heterocycles. The third-order valence-electron chi connectivity index (χ3n) is 5.37. The van der Waals surface area contributed by atoms with Crippen molar-refractivity contribution in [2.75, 3.05) is 5.75 Å². The standard InChI is InChI=1S/C22H19Cl2F4N3O3S/c23-16-5-2-6-17(24)15(16)10-35(33,34)11-18(20(32)31-21(12-29)7-8-21)30-19(22(26,27)28)13-3-1-4-14(25)9-13/h1-6,9,18-19,30H,7-8,10-11H2,(H,31,32). The summed E-state index contributed by atoms with van der Waals surface area (Å²) in [5, 5.41) is 13.7. The molecular formula is C22H19Cl2F4N3O3S. The SMILES string of the molecule is N#CC1(NC(=O)C(CS(=O)(=O)Cc2c(Cl)cccc2Cl)NC(c2cccc(F)c2)C(F)(F)F)CC1. The van der Waals surface area contributed by atoms with E-state index in [0.717, 1.165) is 18.2 Å². The van der Waals surface area contributed by atoms with Gasteiger partial charge < -0.3 is 5.32 Å². The van der Waals surface area contributed by atoms with Crippen LogP contribution in [0.1, 0.15) is 30.0 Å². The monoisotopic (exact) mass is 551 g/mol. The van der Waals surface area contributed by atoms with E-state index in [1.54, 1.807) is 0 Å². The van der Waals surface area contributed by atoms with Crippen LogP contribution in [0, 0.1) is 17.1 Å². The zero-order valence-electron chi connectivity index (χ0n) is 17.9. The number of nitrogens with zero attached hydrogens (tertiary/aromatic N) is 1. The second-order valence-electron chi connectivity index (χ2n) is 8.19. The molecule has 0 saturated heterocycles. The largest absolute Gasteiger partial charge is 0.407 e. The van der Waals surface area contributed by atoms with Crippen LogP contribution >= 0.6 is 23.2 Å². The molecule has 2 atom stereocenters. The summed E-state index contributed by atoms with van der Waals surface area (Å²) >= 11 is 12.0. The predicted octanol–water partition coefficient (Wildman–Crippen LogP) is 4.48. The molecule has 2 aromatic carbocycles. The van der Waals surface area contributed by atoms with Crippen LogP contribution in [0.3, 0.4) is 0 Å². The number of hydrogen-bond donors (Lipinski definition) is 2. The molecular weight excluding hydrogens is 533 g/mol. The Morgan fingerprint density at radius 1 is 1.14 bits per heavy atom. The van der Waals surface area contributed by atoms with Crippen LogP contribution in [0.15, 0.2) is 42.5 Å². The van der Waals surface area contributed by atoms with E-state index in [1.165, 1.54) is 18.2 Å². The minimum atomic E-state index is -5.01. The fourth-order valence-corrected chi connectivity index (χ4v) is 5.70. The van der Waals surface area contributed by atoms with E-state index < -0.39 is 62.4 Å². The smallest absolute Gasteiger partial charge is 0.336 e. The highest BCUT2D eigenvalue weighted by atomic mass is 35.5. The van der Waals surface area contributed by atoms with Crippen molar-refractivity contribution in [3.8, 4) is 6.07 Å². The number of nitrogens with one attached hydrogen (secondary N) is 2. The Morgan fingerprint density at radius 3 is 2.26 bits per heavy atom. The van der Waals surface area contributed by atoms with E-state index in [4.69, 9.17) is 23.2 Å². The average molecular weight is 552 g/mol. The van der Waals surface area contributed by atoms with Gasteiger partial charge in [0, 0.05) is 15.6 Å². The lowest BCUT2D eigenvalue weighted by Gasteiger charge is -2.28. The van der Waals surface area contributed by atoms with Crippen molar-refractivity contribution in [3.63, 3.8) is 0 Å². The molecule has 2 unspecified atom stereocenters. The minimum absolute atomic E-state index is 0.0307. The van der Waals surface area contributed by atoms with E-state index in [1.807, 2.05) is 11.4 Å². The molecule has 6 nitrogen and oxygen atoms in total. The number of hydrogen-bond acceptors (Lipinski definition) is 5. The first-order valence-corrected chi connectivity index (χ1v) is 12.8. The third kappa shape index (κ3) is 7.07. The summed E-state index contributed by atoms with van der Waals surface area (Å²) in [6, 6.07) is 5.29. The maximum Gasteiger partial charge on any atom is 0.407 e. The van der Waals surface area contributed by atoms with Crippen LogP contribution in [0.2, 0.25) is 10.0 Å². The number of carbonyl (C=O) groups excluding carboxylic acids is 1. The molecule has 1 aliphatic carbocycles. The van der Waals surface area contributed by atoms with Crippen LogP contribution in [0.25, 0.3) is 0 Å². The van der Waals surface area contributed by atoms with Crippen molar-refractivity contribution in [2.45, 2.75) is 42.4 Å². The summed E-state index contributed by atoms with van der Waals surface area (Å²) in [7, 11) is -4.26. The molecule has 2 aromatic rings. The molecule has 35 heavy (non-hydrogen) atoms. The van der Waals surface area contributed by atoms with Crippen LogP contribution in [0.5, 0.6) is 0 Å². The van der Waals surface area contributed by atoms with Crippen molar-refractivity contribution in [1.82, 2.24) is 10.6 Å². The average Bonchev–Trinajstić information content (AvgIpc) is 3.52. The van der Waals surface area contributed by atoms with Crippen molar-refractivity contribution < 1.29 is 30.8 Å². The maximum absolute atomic E-state index is 13.9. The first-order chi connectivity index (χ1) is 16.3. The zero-order chi connectivity index (χ0) is 26.0. The molecule has 0 spiro atoms. The Hall–Kier alpha value is -2.39. The summed E-state index contributed by atoms with van der Waals surface area (Å²) in [5.74, 6) is -3.86. The van der Waals surface area contributed by atoms with Gasteiger partial charge >= 0.3 is 6.18 Å². The normalized spacial score (nSPS) is 16.7. The van der Waals surface area contributed by atoms with E-state index in [0.29, 0.717) is 6.07 Å². The molecule has 0 aliphatic heterocycles. The molecule has 1 saturated carbocycles. The van der Waals surface area contributed by atoms with Crippen LogP contribution in [0.4, 0.5) is 17.6 Å². The van der Waals surface area contributed by atoms with E-state index >= 15 is 0 Å². The van der Waals surface area contributed by atoms with Crippen molar-refractivity contribution >= 4 is 38.9 Å². The maximum atomic E-state index is 13.9. The van der Waals surface area contributed by atoms with Gasteiger partial charge in [-0.3, -0.25) is 10.1 Å². The van der Waals surface area contributed by atoms with Gasteiger partial charge in [0.25, 0.3) is 0 Å². The second-order valence-corrected chi connectivity index (χ2v) is 11.1. The number of rotatable bonds is 9. The van der Waals surface area contributed by atoms with E-state index in [9.17, 15) is 36.0 Å². The number of carbonyl (C=O) groups is 1. The highest BCUT2D eigenvalue weighted by Gasteiger charge is 2.48. The Morgan fingerprint density at radius 2 is 1.74 bits per heavy atom. The van der Waals surface area contributed by atoms with Crippen molar-refractivity contribution in [2.24, 2.45) is 0 Å². The molecule has 2 N–H and O–H groups in total.